The molecule has 220 valence electrons. The third-order valence-corrected chi connectivity index (χ3v) is 9.95. The number of ketones is 2. The van der Waals surface area contributed by atoms with E-state index >= 15 is 0 Å². The number of nitrogens with zero attached hydrogens (tertiary/aromatic N) is 1. The van der Waals surface area contributed by atoms with E-state index in [2.05, 4.69) is 10.2 Å². The molecule has 8 heteroatoms. The monoisotopic (exact) mass is 580 g/mol. The van der Waals surface area contributed by atoms with Gasteiger partial charge in [0, 0.05) is 40.7 Å². The van der Waals surface area contributed by atoms with E-state index in [1.165, 1.54) is 12.8 Å². The molecule has 3 fully saturated rings. The summed E-state index contributed by atoms with van der Waals surface area (Å²) >= 11 is 5.85. The van der Waals surface area contributed by atoms with E-state index in [0.717, 1.165) is 43.0 Å². The van der Waals surface area contributed by atoms with Crippen LogP contribution >= 0.6 is 11.6 Å². The number of aromatic hydroxyl groups is 1. The Hall–Kier alpha value is -2.45. The standard InChI is InChI=1S/C20H23NO4.C13H18ClNO/c22-13-4-3-12-9-15-20(24)6-5-14(23)18-19(20,16(12)17(13)25-18)7-8-21(15)10-11-1-2-11;1-9(15-13(2,3)4)12(16)10-6-5-7-11(14)8-10/h3-4,11,15,18,22,24H,1-2,5-10H2;5-9,15H,1-4H3. The zero-order valence-electron chi connectivity index (χ0n) is 24.4. The summed E-state index contributed by atoms with van der Waals surface area (Å²) in [5.74, 6) is 1.46. The summed E-state index contributed by atoms with van der Waals surface area (Å²) in [6.07, 6.45) is 4.33. The first-order chi connectivity index (χ1) is 19.3. The number of phenolic OH excluding ortho intramolecular Hbond substituents is 1. The second-order valence-electron chi connectivity index (χ2n) is 13.7. The van der Waals surface area contributed by atoms with Crippen LogP contribution in [-0.2, 0) is 16.6 Å². The summed E-state index contributed by atoms with van der Waals surface area (Å²) in [5, 5.41) is 26.1. The molecule has 1 saturated heterocycles. The number of phenols is 1. The molecule has 41 heavy (non-hydrogen) atoms. The number of hydrogen-bond acceptors (Lipinski definition) is 7. The molecule has 7 rings (SSSR count). The van der Waals surface area contributed by atoms with Crippen molar-refractivity contribution in [1.29, 1.82) is 0 Å². The molecule has 2 saturated carbocycles. The van der Waals surface area contributed by atoms with E-state index in [1.54, 1.807) is 30.3 Å². The van der Waals surface area contributed by atoms with Crippen LogP contribution in [0.5, 0.6) is 11.5 Å². The number of carbonyl (C=O) groups excluding carboxylic acids is 2. The lowest BCUT2D eigenvalue weighted by atomic mass is 9.49. The Bertz CT molecular complexity index is 1380. The Morgan fingerprint density at radius 2 is 1.98 bits per heavy atom. The molecule has 0 amide bonds. The lowest BCUT2D eigenvalue weighted by Gasteiger charge is -2.62. The molecule has 2 bridgehead atoms. The maximum Gasteiger partial charge on any atom is 0.179 e. The van der Waals surface area contributed by atoms with Gasteiger partial charge in [-0.3, -0.25) is 14.5 Å². The second-order valence-corrected chi connectivity index (χ2v) is 14.1. The SMILES string of the molecule is CC(NC(C)(C)C)C(=O)c1cccc(Cl)c1.O=C1CCC2(O)C3Cc4ccc(O)c5c4C2(CCN3CC2CC2)C1O5. The van der Waals surface area contributed by atoms with Crippen LogP contribution in [0.4, 0.5) is 0 Å². The minimum atomic E-state index is -0.940. The Labute approximate surface area is 247 Å². The summed E-state index contributed by atoms with van der Waals surface area (Å²) in [4.78, 5) is 27.2. The van der Waals surface area contributed by atoms with Gasteiger partial charge in [-0.15, -0.1) is 0 Å². The number of carbonyl (C=O) groups is 2. The molecule has 2 aromatic carbocycles. The number of Topliss-reactive ketones (excluding diaryl/α,β-unsaturated/α-hetero) is 2. The molecule has 3 N–H and O–H groups in total. The Kier molecular flexibility index (Phi) is 7.04. The lowest BCUT2D eigenvalue weighted by molar-refractivity contribution is -0.188. The fourth-order valence-electron chi connectivity index (χ4n) is 7.87. The van der Waals surface area contributed by atoms with Crippen LogP contribution < -0.4 is 10.1 Å². The Morgan fingerprint density at radius 1 is 1.22 bits per heavy atom. The third-order valence-electron chi connectivity index (χ3n) is 9.71. The maximum absolute atomic E-state index is 12.7. The van der Waals surface area contributed by atoms with Crippen molar-refractivity contribution in [3.63, 3.8) is 0 Å². The summed E-state index contributed by atoms with van der Waals surface area (Å²) in [6, 6.07) is 10.5. The van der Waals surface area contributed by atoms with Crippen LogP contribution in [0.3, 0.4) is 0 Å². The number of nitrogens with one attached hydrogen (secondary N) is 1. The zero-order chi connectivity index (χ0) is 29.3. The number of hydrogen-bond donors (Lipinski definition) is 3. The molecule has 5 unspecified atom stereocenters. The van der Waals surface area contributed by atoms with Crippen LogP contribution in [0, 0.1) is 5.92 Å². The molecule has 2 aliphatic heterocycles. The third kappa shape index (κ3) is 4.79. The number of ether oxygens (including phenoxy) is 1. The van der Waals surface area contributed by atoms with Gasteiger partial charge in [0.05, 0.1) is 17.1 Å². The minimum Gasteiger partial charge on any atom is -0.504 e. The average Bonchev–Trinajstić information content (AvgIpc) is 3.65. The molecule has 0 aromatic heterocycles. The van der Waals surface area contributed by atoms with Gasteiger partial charge in [-0.25, -0.2) is 0 Å². The zero-order valence-corrected chi connectivity index (χ0v) is 25.1. The summed E-state index contributed by atoms with van der Waals surface area (Å²) in [7, 11) is 0. The van der Waals surface area contributed by atoms with Gasteiger partial charge in [-0.05, 0) is 96.0 Å². The van der Waals surface area contributed by atoms with Crippen LogP contribution in [-0.4, -0.2) is 69.1 Å². The van der Waals surface area contributed by atoms with Gasteiger partial charge >= 0.3 is 0 Å². The minimum absolute atomic E-state index is 0.0454. The molecule has 5 aliphatic rings. The molecule has 2 aromatic rings. The number of halogens is 1. The summed E-state index contributed by atoms with van der Waals surface area (Å²) in [5.41, 5.74) is 1.03. The van der Waals surface area contributed by atoms with E-state index < -0.39 is 17.1 Å². The molecule has 5 atom stereocenters. The number of rotatable bonds is 5. The smallest absolute Gasteiger partial charge is 0.179 e. The van der Waals surface area contributed by atoms with Gasteiger partial charge in [0.25, 0.3) is 0 Å². The number of benzene rings is 2. The highest BCUT2D eigenvalue weighted by atomic mass is 35.5. The second kappa shape index (κ2) is 10.1. The normalized spacial score (nSPS) is 30.5. The molecule has 7 nitrogen and oxygen atoms in total. The highest BCUT2D eigenvalue weighted by Gasteiger charge is 2.73. The topological polar surface area (TPSA) is 99.1 Å². The summed E-state index contributed by atoms with van der Waals surface area (Å²) in [6.45, 7) is 9.93. The van der Waals surface area contributed by atoms with Crippen LogP contribution in [0.15, 0.2) is 36.4 Å². The Balaban J connectivity index is 0.000000165. The van der Waals surface area contributed by atoms with Gasteiger partial charge in [0.15, 0.2) is 29.2 Å². The predicted octanol–water partition coefficient (Wildman–Crippen LogP) is 4.82. The molecular weight excluding hydrogens is 540 g/mol. The van der Waals surface area contributed by atoms with E-state index in [4.69, 9.17) is 16.3 Å². The molecule has 1 spiro atoms. The van der Waals surface area contributed by atoms with Crippen molar-refractivity contribution in [2.45, 2.75) is 101 Å². The number of piperidine rings is 1. The van der Waals surface area contributed by atoms with Crippen molar-refractivity contribution in [3.05, 3.63) is 58.1 Å². The van der Waals surface area contributed by atoms with Crippen molar-refractivity contribution in [3.8, 4) is 11.5 Å². The lowest BCUT2D eigenvalue weighted by Crippen LogP contribution is -2.76. The molecule has 3 aliphatic carbocycles. The van der Waals surface area contributed by atoms with Gasteiger partial charge in [0.2, 0.25) is 0 Å². The highest BCUT2D eigenvalue weighted by molar-refractivity contribution is 6.31. The Morgan fingerprint density at radius 3 is 2.66 bits per heavy atom. The van der Waals surface area contributed by atoms with Crippen molar-refractivity contribution in [2.24, 2.45) is 5.92 Å². The van der Waals surface area contributed by atoms with E-state index in [-0.39, 0.29) is 34.9 Å². The molecular formula is C33H41ClN2O5. The van der Waals surface area contributed by atoms with Crippen LogP contribution in [0.1, 0.15) is 81.3 Å². The van der Waals surface area contributed by atoms with Crippen molar-refractivity contribution >= 4 is 23.2 Å². The fraction of sp³-hybridized carbons (Fsp3) is 0.576. The quantitative estimate of drug-likeness (QED) is 0.436. The van der Waals surface area contributed by atoms with E-state index in [9.17, 15) is 19.8 Å². The average molecular weight is 581 g/mol. The van der Waals surface area contributed by atoms with E-state index in [1.807, 2.05) is 33.8 Å². The van der Waals surface area contributed by atoms with Crippen molar-refractivity contribution in [2.75, 3.05) is 13.1 Å². The van der Waals surface area contributed by atoms with Crippen LogP contribution in [0.25, 0.3) is 0 Å². The number of likely N-dealkylation sites (tertiary alicyclic amines) is 1. The van der Waals surface area contributed by atoms with Crippen LogP contribution in [0.2, 0.25) is 5.02 Å². The first-order valence-electron chi connectivity index (χ1n) is 14.9. The first kappa shape index (κ1) is 28.7. The number of aliphatic hydroxyl groups is 1. The van der Waals surface area contributed by atoms with Gasteiger partial charge < -0.3 is 20.3 Å². The maximum atomic E-state index is 12.7. The van der Waals surface area contributed by atoms with Gasteiger partial charge in [-0.1, -0.05) is 29.8 Å². The van der Waals surface area contributed by atoms with Gasteiger partial charge in [0.1, 0.15) is 0 Å². The van der Waals surface area contributed by atoms with Crippen molar-refractivity contribution in [1.82, 2.24) is 10.2 Å². The van der Waals surface area contributed by atoms with Gasteiger partial charge in [-0.2, -0.15) is 0 Å². The molecule has 2 heterocycles. The first-order valence-corrected chi connectivity index (χ1v) is 15.3. The van der Waals surface area contributed by atoms with Crippen molar-refractivity contribution < 1.29 is 24.5 Å². The molecule has 0 radical (unpaired) electrons. The summed E-state index contributed by atoms with van der Waals surface area (Å²) < 4.78 is 6.04. The predicted molar refractivity (Wildman–Crippen MR) is 158 cm³/mol. The van der Waals surface area contributed by atoms with E-state index in [0.29, 0.717) is 29.2 Å². The highest BCUT2D eigenvalue weighted by Crippen LogP contribution is 2.64. The fourth-order valence-corrected chi connectivity index (χ4v) is 8.06. The largest absolute Gasteiger partial charge is 0.504 e.